The average Bonchev–Trinajstić information content (AvgIpc) is 2.88. The van der Waals surface area contributed by atoms with Gasteiger partial charge in [-0.2, -0.15) is 0 Å². The Morgan fingerprint density at radius 2 is 1.57 bits per heavy atom. The molecule has 182 valence electrons. The molecule has 4 rings (SSSR count). The van der Waals surface area contributed by atoms with Crippen LogP contribution in [0.15, 0.2) is 96.6 Å². The van der Waals surface area contributed by atoms with Crippen molar-refractivity contribution in [2.45, 2.75) is 44.4 Å². The van der Waals surface area contributed by atoms with Gasteiger partial charge in [-0.25, -0.2) is 4.39 Å². The molecule has 1 unspecified atom stereocenters. The maximum atomic E-state index is 13.4. The first-order valence-electron chi connectivity index (χ1n) is 12.2. The van der Waals surface area contributed by atoms with Crippen molar-refractivity contribution in [2.24, 2.45) is 0 Å². The number of benzene rings is 3. The number of nitrogens with one attached hydrogen (secondary N) is 1. The molecule has 5 heteroatoms. The Bertz CT molecular complexity index is 1060. The Kier molecular flexibility index (Phi) is 8.82. The normalized spacial score (nSPS) is 16.5. The highest BCUT2D eigenvalue weighted by molar-refractivity contribution is 5.66. The van der Waals surface area contributed by atoms with Crippen LogP contribution in [0.2, 0.25) is 0 Å². The van der Waals surface area contributed by atoms with Crippen LogP contribution in [-0.2, 0) is 14.3 Å². The van der Waals surface area contributed by atoms with E-state index in [1.54, 1.807) is 12.1 Å². The highest BCUT2D eigenvalue weighted by Crippen LogP contribution is 2.28. The molecule has 0 saturated heterocycles. The zero-order valence-electron chi connectivity index (χ0n) is 20.0. The van der Waals surface area contributed by atoms with Gasteiger partial charge in [-0.1, -0.05) is 84.4 Å². The second-order valence-electron chi connectivity index (χ2n) is 8.84. The van der Waals surface area contributed by atoms with Crippen LogP contribution in [0.1, 0.15) is 55.1 Å². The number of hydrogen-bond acceptors (Lipinski definition) is 4. The van der Waals surface area contributed by atoms with Crippen LogP contribution >= 0.6 is 0 Å². The molecular weight excluding hydrogens is 441 g/mol. The van der Waals surface area contributed by atoms with Crippen LogP contribution in [0.4, 0.5) is 4.39 Å². The Hall–Kier alpha value is -3.28. The van der Waals surface area contributed by atoms with Gasteiger partial charge < -0.3 is 14.8 Å². The summed E-state index contributed by atoms with van der Waals surface area (Å²) >= 11 is 0. The van der Waals surface area contributed by atoms with Crippen LogP contribution in [0.3, 0.4) is 0 Å². The van der Waals surface area contributed by atoms with Crippen LogP contribution in [-0.4, -0.2) is 25.2 Å². The number of esters is 1. The smallest absolute Gasteiger partial charge is 0.303 e. The molecule has 35 heavy (non-hydrogen) atoms. The lowest BCUT2D eigenvalue weighted by Crippen LogP contribution is -2.34. The molecule has 4 nitrogen and oxygen atoms in total. The number of hydrogen-bond donors (Lipinski definition) is 1. The van der Waals surface area contributed by atoms with Crippen LogP contribution in [0, 0.1) is 5.82 Å². The van der Waals surface area contributed by atoms with Gasteiger partial charge >= 0.3 is 5.97 Å². The third-order valence-corrected chi connectivity index (χ3v) is 6.22. The Balaban J connectivity index is 1.40. The second kappa shape index (κ2) is 12.4. The zero-order valence-corrected chi connectivity index (χ0v) is 20.0. The minimum Gasteiger partial charge on any atom is -0.458 e. The van der Waals surface area contributed by atoms with E-state index < -0.39 is 6.10 Å². The van der Waals surface area contributed by atoms with Gasteiger partial charge in [-0.15, -0.1) is 0 Å². The Morgan fingerprint density at radius 3 is 2.17 bits per heavy atom. The largest absolute Gasteiger partial charge is 0.458 e. The van der Waals surface area contributed by atoms with Crippen LogP contribution in [0.5, 0.6) is 0 Å². The van der Waals surface area contributed by atoms with Crippen molar-refractivity contribution in [3.63, 3.8) is 0 Å². The number of rotatable bonds is 10. The van der Waals surface area contributed by atoms with Gasteiger partial charge in [0.25, 0.3) is 0 Å². The molecule has 0 spiro atoms. The summed E-state index contributed by atoms with van der Waals surface area (Å²) in [5.41, 5.74) is 4.40. The minimum atomic E-state index is -0.432. The molecule has 0 aliphatic carbocycles. The fourth-order valence-corrected chi connectivity index (χ4v) is 4.51. The standard InChI is InChI=1S/C30H32FNO3/c1-22(33)35-29(24-12-14-27(31)15-13-24)21-28-20-23(16-18-32-28)17-19-34-30(25-8-4-2-5-9-25)26-10-6-3-7-11-26/h2-15,20,28-30,32H,16-19,21H2,1H3/t28-,29?/m0/s1. The van der Waals surface area contributed by atoms with E-state index in [4.69, 9.17) is 9.47 Å². The summed E-state index contributed by atoms with van der Waals surface area (Å²) in [5, 5.41) is 3.50. The van der Waals surface area contributed by atoms with Crippen molar-refractivity contribution in [3.05, 3.63) is 119 Å². The maximum absolute atomic E-state index is 13.4. The van der Waals surface area contributed by atoms with E-state index >= 15 is 0 Å². The lowest BCUT2D eigenvalue weighted by Gasteiger charge is -2.27. The molecule has 0 aromatic heterocycles. The fraction of sp³-hybridized carbons (Fsp3) is 0.300. The van der Waals surface area contributed by atoms with Crippen molar-refractivity contribution in [1.29, 1.82) is 0 Å². The van der Waals surface area contributed by atoms with E-state index in [-0.39, 0.29) is 23.9 Å². The van der Waals surface area contributed by atoms with Crippen molar-refractivity contribution < 1.29 is 18.7 Å². The van der Waals surface area contributed by atoms with E-state index in [0.29, 0.717) is 13.0 Å². The average molecular weight is 474 g/mol. The van der Waals surface area contributed by atoms with E-state index in [0.717, 1.165) is 36.1 Å². The van der Waals surface area contributed by atoms with E-state index in [1.165, 1.54) is 24.6 Å². The summed E-state index contributed by atoms with van der Waals surface area (Å²) in [6, 6.07) is 26.8. The summed E-state index contributed by atoms with van der Waals surface area (Å²) in [5.74, 6) is -0.654. The Morgan fingerprint density at radius 1 is 0.943 bits per heavy atom. The molecule has 3 aromatic carbocycles. The first-order valence-corrected chi connectivity index (χ1v) is 12.2. The molecule has 0 bridgehead atoms. The molecule has 3 aromatic rings. The first kappa shape index (κ1) is 24.8. The van der Waals surface area contributed by atoms with Crippen molar-refractivity contribution in [3.8, 4) is 0 Å². The van der Waals surface area contributed by atoms with Gasteiger partial charge in [0.2, 0.25) is 0 Å². The predicted octanol–water partition coefficient (Wildman–Crippen LogP) is 6.30. The number of halogens is 1. The summed E-state index contributed by atoms with van der Waals surface area (Å²) in [6.07, 6.45) is 4.07. The Labute approximate surface area is 206 Å². The van der Waals surface area contributed by atoms with E-state index in [2.05, 4.69) is 35.7 Å². The minimum absolute atomic E-state index is 0.0622. The van der Waals surface area contributed by atoms with Gasteiger partial charge in [0, 0.05) is 19.4 Å². The van der Waals surface area contributed by atoms with E-state index in [9.17, 15) is 9.18 Å². The first-order chi connectivity index (χ1) is 17.1. The topological polar surface area (TPSA) is 47.6 Å². The molecule has 1 aliphatic rings. The van der Waals surface area contributed by atoms with Crippen LogP contribution in [0.25, 0.3) is 0 Å². The molecule has 0 fully saturated rings. The van der Waals surface area contributed by atoms with Gasteiger partial charge in [0.05, 0.1) is 6.61 Å². The SMILES string of the molecule is CC(=O)OC(C[C@@H]1C=C(CCOC(c2ccccc2)c2ccccc2)CCN1)c1ccc(F)cc1. The second-order valence-corrected chi connectivity index (χ2v) is 8.84. The number of carbonyl (C=O) groups excluding carboxylic acids is 1. The summed E-state index contributed by atoms with van der Waals surface area (Å²) in [7, 11) is 0. The molecule has 0 amide bonds. The lowest BCUT2D eigenvalue weighted by atomic mass is 9.95. The monoisotopic (exact) mass is 473 g/mol. The molecular formula is C30H32FNO3. The summed E-state index contributed by atoms with van der Waals surface area (Å²) in [6.45, 7) is 2.87. The van der Waals surface area contributed by atoms with Crippen LogP contribution < -0.4 is 5.32 Å². The van der Waals surface area contributed by atoms with E-state index in [1.807, 2.05) is 36.4 Å². The van der Waals surface area contributed by atoms with Gasteiger partial charge in [0.15, 0.2) is 0 Å². The third kappa shape index (κ3) is 7.35. The number of ether oxygens (including phenoxy) is 2. The lowest BCUT2D eigenvalue weighted by molar-refractivity contribution is -0.147. The summed E-state index contributed by atoms with van der Waals surface area (Å²) in [4.78, 5) is 11.7. The quantitative estimate of drug-likeness (QED) is 0.277. The van der Waals surface area contributed by atoms with Gasteiger partial charge in [0.1, 0.15) is 18.0 Å². The predicted molar refractivity (Wildman–Crippen MR) is 135 cm³/mol. The fourth-order valence-electron chi connectivity index (χ4n) is 4.51. The highest BCUT2D eigenvalue weighted by Gasteiger charge is 2.22. The molecule has 0 saturated carbocycles. The maximum Gasteiger partial charge on any atom is 0.303 e. The zero-order chi connectivity index (χ0) is 24.5. The molecule has 0 radical (unpaired) electrons. The van der Waals surface area contributed by atoms with Crippen molar-refractivity contribution in [1.82, 2.24) is 5.32 Å². The molecule has 1 heterocycles. The molecule has 1 N–H and O–H groups in total. The third-order valence-electron chi connectivity index (χ3n) is 6.22. The van der Waals surface area contributed by atoms with Crippen molar-refractivity contribution >= 4 is 5.97 Å². The highest BCUT2D eigenvalue weighted by atomic mass is 19.1. The van der Waals surface area contributed by atoms with Crippen molar-refractivity contribution in [2.75, 3.05) is 13.2 Å². The summed E-state index contributed by atoms with van der Waals surface area (Å²) < 4.78 is 25.3. The number of carbonyl (C=O) groups is 1. The van der Waals surface area contributed by atoms with Gasteiger partial charge in [-0.05, 0) is 48.2 Å². The molecule has 2 atom stereocenters. The molecule has 1 aliphatic heterocycles. The van der Waals surface area contributed by atoms with Gasteiger partial charge in [-0.3, -0.25) is 4.79 Å².